The normalized spacial score (nSPS) is 14.5. The van der Waals surface area contributed by atoms with Crippen LogP contribution in [0.3, 0.4) is 0 Å². The van der Waals surface area contributed by atoms with E-state index < -0.39 is 0 Å². The largest absolute Gasteiger partial charge is 0.497 e. The van der Waals surface area contributed by atoms with Crippen LogP contribution in [0, 0.1) is 0 Å². The summed E-state index contributed by atoms with van der Waals surface area (Å²) in [6, 6.07) is 7.51. The van der Waals surface area contributed by atoms with Crippen LogP contribution < -0.4 is 9.47 Å². The fraction of sp³-hybridized carbons (Fsp3) is 0.562. The molecule has 116 valence electrons. The van der Waals surface area contributed by atoms with Gasteiger partial charge in [-0.1, -0.05) is 0 Å². The Balaban J connectivity index is 1.66. The van der Waals surface area contributed by atoms with Gasteiger partial charge in [-0.3, -0.25) is 9.69 Å². The topological polar surface area (TPSA) is 42.0 Å². The lowest BCUT2D eigenvalue weighted by Crippen LogP contribution is -2.38. The first-order chi connectivity index (χ1) is 10.2. The Labute approximate surface area is 126 Å². The molecule has 0 spiro atoms. The molecule has 0 N–H and O–H groups in total. The third-order valence-electron chi connectivity index (χ3n) is 3.67. The highest BCUT2D eigenvalue weighted by Crippen LogP contribution is 2.16. The number of carbonyl (C=O) groups is 1. The fourth-order valence-corrected chi connectivity index (χ4v) is 2.37. The summed E-state index contributed by atoms with van der Waals surface area (Å²) in [6.45, 7) is 3.58. The summed E-state index contributed by atoms with van der Waals surface area (Å²) >= 11 is 0. The molecule has 1 aromatic rings. The molecular weight excluding hydrogens is 268 g/mol. The molecule has 1 aromatic carbocycles. The number of amides is 1. The standard InChI is InChI=1S/C16H24N2O3/c1-17(13-16(19)18-9-3-4-10-18)11-12-21-15-7-5-14(20-2)6-8-15/h5-8H,3-4,9-13H2,1-2H3. The Morgan fingerprint density at radius 3 is 2.43 bits per heavy atom. The molecule has 1 amide bonds. The van der Waals surface area contributed by atoms with Gasteiger partial charge in [-0.15, -0.1) is 0 Å². The number of hydrogen-bond acceptors (Lipinski definition) is 4. The number of nitrogens with zero attached hydrogens (tertiary/aromatic N) is 2. The van der Waals surface area contributed by atoms with Crippen LogP contribution in [0.5, 0.6) is 11.5 Å². The van der Waals surface area contributed by atoms with E-state index >= 15 is 0 Å². The third-order valence-corrected chi connectivity index (χ3v) is 3.67. The highest BCUT2D eigenvalue weighted by molar-refractivity contribution is 5.78. The van der Waals surface area contributed by atoms with E-state index in [4.69, 9.17) is 9.47 Å². The van der Waals surface area contributed by atoms with Crippen LogP contribution >= 0.6 is 0 Å². The predicted octanol–water partition coefficient (Wildman–Crippen LogP) is 1.63. The van der Waals surface area contributed by atoms with Crippen LogP contribution in [0.1, 0.15) is 12.8 Å². The second-order valence-electron chi connectivity index (χ2n) is 5.35. The van der Waals surface area contributed by atoms with E-state index in [1.807, 2.05) is 41.1 Å². The molecule has 5 heteroatoms. The number of likely N-dealkylation sites (N-methyl/N-ethyl adjacent to an activating group) is 1. The Morgan fingerprint density at radius 1 is 1.19 bits per heavy atom. The van der Waals surface area contributed by atoms with Gasteiger partial charge in [0, 0.05) is 19.6 Å². The third kappa shape index (κ3) is 4.93. The minimum absolute atomic E-state index is 0.222. The van der Waals surface area contributed by atoms with E-state index in [2.05, 4.69) is 0 Å². The molecule has 1 fully saturated rings. The Hall–Kier alpha value is -1.75. The molecular formula is C16H24N2O3. The number of methoxy groups -OCH3 is 1. The van der Waals surface area contributed by atoms with Crippen molar-refractivity contribution in [2.24, 2.45) is 0 Å². The van der Waals surface area contributed by atoms with Gasteiger partial charge in [0.15, 0.2) is 0 Å². The van der Waals surface area contributed by atoms with E-state index in [-0.39, 0.29) is 5.91 Å². The molecule has 1 saturated heterocycles. The zero-order chi connectivity index (χ0) is 15.1. The summed E-state index contributed by atoms with van der Waals surface area (Å²) in [5.74, 6) is 1.85. The van der Waals surface area contributed by atoms with Crippen LogP contribution in [0.25, 0.3) is 0 Å². The summed E-state index contributed by atoms with van der Waals surface area (Å²) in [6.07, 6.45) is 2.27. The van der Waals surface area contributed by atoms with Crippen LogP contribution in [0.15, 0.2) is 24.3 Å². The van der Waals surface area contributed by atoms with Gasteiger partial charge in [-0.25, -0.2) is 0 Å². The number of carbonyl (C=O) groups excluding carboxylic acids is 1. The number of hydrogen-bond donors (Lipinski definition) is 0. The van der Waals surface area contributed by atoms with Crippen molar-refractivity contribution in [2.45, 2.75) is 12.8 Å². The average Bonchev–Trinajstić information content (AvgIpc) is 3.02. The van der Waals surface area contributed by atoms with Crippen molar-refractivity contribution in [3.63, 3.8) is 0 Å². The van der Waals surface area contributed by atoms with E-state index in [9.17, 15) is 4.79 Å². The first kappa shape index (κ1) is 15.6. The van der Waals surface area contributed by atoms with Gasteiger partial charge in [0.1, 0.15) is 18.1 Å². The van der Waals surface area contributed by atoms with Gasteiger partial charge in [0.2, 0.25) is 5.91 Å². The zero-order valence-corrected chi connectivity index (χ0v) is 12.9. The van der Waals surface area contributed by atoms with Gasteiger partial charge in [0.05, 0.1) is 13.7 Å². The highest BCUT2D eigenvalue weighted by atomic mass is 16.5. The van der Waals surface area contributed by atoms with Crippen molar-refractivity contribution >= 4 is 5.91 Å². The molecule has 0 saturated carbocycles. The Kier molecular flexibility index (Phi) is 5.87. The lowest BCUT2D eigenvalue weighted by atomic mass is 10.3. The van der Waals surface area contributed by atoms with E-state index in [0.717, 1.165) is 44.0 Å². The second kappa shape index (κ2) is 7.88. The Bertz CT molecular complexity index is 441. The summed E-state index contributed by atoms with van der Waals surface area (Å²) in [5.41, 5.74) is 0. The SMILES string of the molecule is COc1ccc(OCCN(C)CC(=O)N2CCCC2)cc1. The zero-order valence-electron chi connectivity index (χ0n) is 12.9. The van der Waals surface area contributed by atoms with Crippen molar-refractivity contribution in [1.82, 2.24) is 9.80 Å². The summed E-state index contributed by atoms with van der Waals surface area (Å²) in [4.78, 5) is 15.9. The second-order valence-corrected chi connectivity index (χ2v) is 5.35. The van der Waals surface area contributed by atoms with Crippen LogP contribution in [-0.4, -0.2) is 62.7 Å². The molecule has 5 nitrogen and oxygen atoms in total. The molecule has 1 aliphatic heterocycles. The summed E-state index contributed by atoms with van der Waals surface area (Å²) in [5, 5.41) is 0. The molecule has 0 unspecified atom stereocenters. The van der Waals surface area contributed by atoms with Crippen LogP contribution in [0.2, 0.25) is 0 Å². The predicted molar refractivity (Wildman–Crippen MR) is 81.8 cm³/mol. The maximum atomic E-state index is 12.0. The smallest absolute Gasteiger partial charge is 0.236 e. The van der Waals surface area contributed by atoms with E-state index in [1.165, 1.54) is 0 Å². The molecule has 2 rings (SSSR count). The Morgan fingerprint density at radius 2 is 1.81 bits per heavy atom. The summed E-state index contributed by atoms with van der Waals surface area (Å²) < 4.78 is 10.8. The van der Waals surface area contributed by atoms with Gasteiger partial charge in [-0.2, -0.15) is 0 Å². The van der Waals surface area contributed by atoms with Gasteiger partial charge < -0.3 is 14.4 Å². The molecule has 0 radical (unpaired) electrons. The molecule has 1 heterocycles. The molecule has 1 aliphatic rings. The molecule has 0 atom stereocenters. The molecule has 0 aromatic heterocycles. The minimum atomic E-state index is 0.222. The minimum Gasteiger partial charge on any atom is -0.497 e. The fourth-order valence-electron chi connectivity index (χ4n) is 2.37. The van der Waals surface area contributed by atoms with Gasteiger partial charge in [-0.05, 0) is 44.2 Å². The number of likely N-dealkylation sites (tertiary alicyclic amines) is 1. The van der Waals surface area contributed by atoms with Gasteiger partial charge >= 0.3 is 0 Å². The maximum Gasteiger partial charge on any atom is 0.236 e. The van der Waals surface area contributed by atoms with Crippen molar-refractivity contribution in [1.29, 1.82) is 0 Å². The highest BCUT2D eigenvalue weighted by Gasteiger charge is 2.18. The van der Waals surface area contributed by atoms with Crippen molar-refractivity contribution in [3.8, 4) is 11.5 Å². The van der Waals surface area contributed by atoms with Gasteiger partial charge in [0.25, 0.3) is 0 Å². The monoisotopic (exact) mass is 292 g/mol. The first-order valence-electron chi connectivity index (χ1n) is 7.42. The molecule has 21 heavy (non-hydrogen) atoms. The quantitative estimate of drug-likeness (QED) is 0.766. The van der Waals surface area contributed by atoms with Crippen LogP contribution in [0.4, 0.5) is 0 Å². The molecule has 0 bridgehead atoms. The van der Waals surface area contributed by atoms with Crippen molar-refractivity contribution in [2.75, 3.05) is 46.9 Å². The van der Waals surface area contributed by atoms with Crippen molar-refractivity contribution < 1.29 is 14.3 Å². The van der Waals surface area contributed by atoms with E-state index in [0.29, 0.717) is 13.2 Å². The van der Waals surface area contributed by atoms with Crippen LogP contribution in [-0.2, 0) is 4.79 Å². The number of rotatable bonds is 7. The first-order valence-corrected chi connectivity index (χ1v) is 7.42. The lowest BCUT2D eigenvalue weighted by molar-refractivity contribution is -0.131. The number of ether oxygens (including phenoxy) is 2. The molecule has 0 aliphatic carbocycles. The number of benzene rings is 1. The lowest BCUT2D eigenvalue weighted by Gasteiger charge is -2.21. The van der Waals surface area contributed by atoms with Crippen molar-refractivity contribution in [3.05, 3.63) is 24.3 Å². The van der Waals surface area contributed by atoms with E-state index in [1.54, 1.807) is 7.11 Å². The summed E-state index contributed by atoms with van der Waals surface area (Å²) in [7, 11) is 3.59. The maximum absolute atomic E-state index is 12.0. The average molecular weight is 292 g/mol.